The highest BCUT2D eigenvalue weighted by atomic mass is 127. The van der Waals surface area contributed by atoms with Gasteiger partial charge in [0.25, 0.3) is 0 Å². The molecule has 0 spiro atoms. The molecule has 2 nitrogen and oxygen atoms in total. The number of carbonyl (C=O) groups is 1. The van der Waals surface area contributed by atoms with Crippen LogP contribution in [0, 0.1) is 3.57 Å². The molecule has 3 rings (SSSR count). The first-order valence-corrected chi connectivity index (χ1v) is 7.84. The number of rotatable bonds is 2. The summed E-state index contributed by atoms with van der Waals surface area (Å²) < 4.78 is 7.09. The molecule has 21 heavy (non-hydrogen) atoms. The van der Waals surface area contributed by atoms with Crippen molar-refractivity contribution < 1.29 is 9.53 Å². The standard InChI is InChI=1S/C18H15IO2/c1-18(2)15(9-12-6-4-3-5-7-12)14-8-13(11-20)10-16(19)17(14)21-18/h3-11H,1-2H3/b15-9+. The lowest BCUT2D eigenvalue weighted by Crippen LogP contribution is -2.24. The zero-order chi connectivity index (χ0) is 15.0. The molecule has 2 aromatic rings. The lowest BCUT2D eigenvalue weighted by atomic mass is 9.91. The Morgan fingerprint density at radius 2 is 1.81 bits per heavy atom. The fraction of sp³-hybridized carbons (Fsp3) is 0.167. The molecule has 0 radical (unpaired) electrons. The smallest absolute Gasteiger partial charge is 0.150 e. The Kier molecular flexibility index (Phi) is 3.61. The molecule has 0 aliphatic carbocycles. The van der Waals surface area contributed by atoms with Crippen molar-refractivity contribution in [3.63, 3.8) is 0 Å². The van der Waals surface area contributed by atoms with Crippen LogP contribution in [0.3, 0.4) is 0 Å². The SMILES string of the molecule is CC1(C)Oc2c(I)cc(C=O)cc2/C1=C\c1ccccc1. The average molecular weight is 390 g/mol. The minimum Gasteiger partial charge on any atom is -0.481 e. The summed E-state index contributed by atoms with van der Waals surface area (Å²) in [6.45, 7) is 4.11. The normalized spacial score (nSPS) is 17.4. The molecule has 0 N–H and O–H groups in total. The predicted octanol–water partition coefficient (Wildman–Crippen LogP) is 4.82. The summed E-state index contributed by atoms with van der Waals surface area (Å²) in [7, 11) is 0. The zero-order valence-electron chi connectivity index (χ0n) is 11.9. The third kappa shape index (κ3) is 2.62. The van der Waals surface area contributed by atoms with E-state index in [1.807, 2.05) is 30.3 Å². The first-order chi connectivity index (χ1) is 10.0. The summed E-state index contributed by atoms with van der Waals surface area (Å²) in [5.74, 6) is 0.869. The molecule has 0 atom stereocenters. The van der Waals surface area contributed by atoms with E-state index in [-0.39, 0.29) is 0 Å². The minimum atomic E-state index is -0.403. The van der Waals surface area contributed by atoms with Gasteiger partial charge in [-0.2, -0.15) is 0 Å². The maximum absolute atomic E-state index is 11.1. The fourth-order valence-corrected chi connectivity index (χ4v) is 3.35. The van der Waals surface area contributed by atoms with Gasteiger partial charge in [0.2, 0.25) is 0 Å². The van der Waals surface area contributed by atoms with E-state index in [1.54, 1.807) is 0 Å². The number of fused-ring (bicyclic) bond motifs is 1. The van der Waals surface area contributed by atoms with Gasteiger partial charge in [-0.15, -0.1) is 0 Å². The Bertz CT molecular complexity index is 730. The van der Waals surface area contributed by atoms with Crippen LogP contribution in [0.2, 0.25) is 0 Å². The third-order valence-electron chi connectivity index (χ3n) is 3.61. The summed E-state index contributed by atoms with van der Waals surface area (Å²) in [6.07, 6.45) is 3.02. The highest BCUT2D eigenvalue weighted by molar-refractivity contribution is 14.1. The lowest BCUT2D eigenvalue weighted by Gasteiger charge is -2.20. The molecule has 0 aromatic heterocycles. The van der Waals surface area contributed by atoms with Gasteiger partial charge >= 0.3 is 0 Å². The molecule has 2 aromatic carbocycles. The molecule has 3 heteroatoms. The van der Waals surface area contributed by atoms with Gasteiger partial charge in [0.05, 0.1) is 3.57 Å². The first-order valence-electron chi connectivity index (χ1n) is 6.76. The van der Waals surface area contributed by atoms with Crippen LogP contribution in [-0.4, -0.2) is 11.9 Å². The first kappa shape index (κ1) is 14.3. The van der Waals surface area contributed by atoms with Crippen LogP contribution in [0.25, 0.3) is 11.6 Å². The van der Waals surface area contributed by atoms with Gasteiger partial charge in [-0.1, -0.05) is 30.3 Å². The summed E-state index contributed by atoms with van der Waals surface area (Å²) >= 11 is 2.22. The second-order valence-electron chi connectivity index (χ2n) is 5.58. The Balaban J connectivity index is 2.20. The largest absolute Gasteiger partial charge is 0.481 e. The highest BCUT2D eigenvalue weighted by Crippen LogP contribution is 2.47. The quantitative estimate of drug-likeness (QED) is 0.543. The second kappa shape index (κ2) is 5.30. The average Bonchev–Trinajstić information content (AvgIpc) is 2.72. The van der Waals surface area contributed by atoms with Gasteiger partial charge in [-0.25, -0.2) is 0 Å². The van der Waals surface area contributed by atoms with E-state index in [0.717, 1.165) is 32.3 Å². The molecule has 0 amide bonds. The van der Waals surface area contributed by atoms with Crippen molar-refractivity contribution in [2.75, 3.05) is 0 Å². The Morgan fingerprint density at radius 1 is 1.10 bits per heavy atom. The van der Waals surface area contributed by atoms with Crippen LogP contribution in [0.5, 0.6) is 5.75 Å². The number of aldehydes is 1. The molecule has 0 bridgehead atoms. The number of benzene rings is 2. The van der Waals surface area contributed by atoms with Gasteiger partial charge in [0, 0.05) is 16.7 Å². The van der Waals surface area contributed by atoms with Crippen molar-refractivity contribution in [3.05, 3.63) is 62.7 Å². The van der Waals surface area contributed by atoms with E-state index in [9.17, 15) is 4.79 Å². The third-order valence-corrected chi connectivity index (χ3v) is 4.41. The Morgan fingerprint density at radius 3 is 2.48 bits per heavy atom. The molecule has 1 heterocycles. The van der Waals surface area contributed by atoms with E-state index in [0.29, 0.717) is 5.56 Å². The van der Waals surface area contributed by atoms with Crippen LogP contribution in [-0.2, 0) is 0 Å². The maximum atomic E-state index is 11.1. The van der Waals surface area contributed by atoms with E-state index in [2.05, 4.69) is 54.6 Å². The molecular formula is C18H15IO2. The fourth-order valence-electron chi connectivity index (χ4n) is 2.59. The summed E-state index contributed by atoms with van der Waals surface area (Å²) in [5.41, 5.74) is 3.52. The van der Waals surface area contributed by atoms with Crippen LogP contribution in [0.15, 0.2) is 42.5 Å². The summed E-state index contributed by atoms with van der Waals surface area (Å²) in [5, 5.41) is 0. The van der Waals surface area contributed by atoms with Crippen molar-refractivity contribution in [1.29, 1.82) is 0 Å². The number of hydrogen-bond acceptors (Lipinski definition) is 2. The van der Waals surface area contributed by atoms with Gasteiger partial charge in [0.15, 0.2) is 0 Å². The van der Waals surface area contributed by atoms with E-state index in [1.165, 1.54) is 0 Å². The van der Waals surface area contributed by atoms with Crippen LogP contribution < -0.4 is 4.74 Å². The second-order valence-corrected chi connectivity index (χ2v) is 6.74. The van der Waals surface area contributed by atoms with Crippen LogP contribution in [0.4, 0.5) is 0 Å². The molecule has 0 fully saturated rings. The number of ether oxygens (including phenoxy) is 1. The molecule has 0 unspecified atom stereocenters. The molecule has 0 saturated heterocycles. The zero-order valence-corrected chi connectivity index (χ0v) is 14.0. The monoisotopic (exact) mass is 390 g/mol. The van der Waals surface area contributed by atoms with Gasteiger partial charge in [-0.05, 0) is 60.2 Å². The predicted molar refractivity (Wildman–Crippen MR) is 93.6 cm³/mol. The Labute approximate surface area is 138 Å². The van der Waals surface area contributed by atoms with Gasteiger partial charge in [-0.3, -0.25) is 4.79 Å². The topological polar surface area (TPSA) is 26.3 Å². The molecule has 0 saturated carbocycles. The van der Waals surface area contributed by atoms with Crippen molar-refractivity contribution in [1.82, 2.24) is 0 Å². The highest BCUT2D eigenvalue weighted by Gasteiger charge is 2.37. The van der Waals surface area contributed by atoms with Crippen molar-refractivity contribution >= 4 is 40.5 Å². The van der Waals surface area contributed by atoms with E-state index < -0.39 is 5.60 Å². The number of carbonyl (C=O) groups excluding carboxylic acids is 1. The van der Waals surface area contributed by atoms with Crippen LogP contribution in [0.1, 0.15) is 35.3 Å². The molecular weight excluding hydrogens is 375 g/mol. The summed E-state index contributed by atoms with van der Waals surface area (Å²) in [4.78, 5) is 11.1. The number of hydrogen-bond donors (Lipinski definition) is 0. The van der Waals surface area contributed by atoms with E-state index >= 15 is 0 Å². The molecule has 1 aliphatic rings. The van der Waals surface area contributed by atoms with Gasteiger partial charge < -0.3 is 4.74 Å². The van der Waals surface area contributed by atoms with Crippen LogP contribution >= 0.6 is 22.6 Å². The maximum Gasteiger partial charge on any atom is 0.150 e. The Hall–Kier alpha value is -1.62. The molecule has 106 valence electrons. The molecule has 1 aliphatic heterocycles. The minimum absolute atomic E-state index is 0.403. The van der Waals surface area contributed by atoms with Gasteiger partial charge in [0.1, 0.15) is 17.6 Å². The summed E-state index contributed by atoms with van der Waals surface area (Å²) in [6, 6.07) is 13.9. The van der Waals surface area contributed by atoms with Crippen molar-refractivity contribution in [2.24, 2.45) is 0 Å². The van der Waals surface area contributed by atoms with Crippen molar-refractivity contribution in [3.8, 4) is 5.75 Å². The van der Waals surface area contributed by atoms with Crippen molar-refractivity contribution in [2.45, 2.75) is 19.4 Å². The van der Waals surface area contributed by atoms with E-state index in [4.69, 9.17) is 4.74 Å². The lowest BCUT2D eigenvalue weighted by molar-refractivity contribution is 0.112. The number of halogens is 1.